The Morgan fingerprint density at radius 1 is 1.08 bits per heavy atom. The van der Waals surface area contributed by atoms with Gasteiger partial charge in [0.15, 0.2) is 0 Å². The van der Waals surface area contributed by atoms with Crippen LogP contribution in [0.5, 0.6) is 0 Å². The monoisotopic (exact) mass is 359 g/mol. The molecule has 1 heterocycles. The average Bonchev–Trinajstić information content (AvgIpc) is 2.64. The first-order chi connectivity index (χ1) is 12.2. The molecule has 1 aliphatic rings. The van der Waals surface area contributed by atoms with Gasteiger partial charge in [0.25, 0.3) is 0 Å². The van der Waals surface area contributed by atoms with Crippen molar-refractivity contribution in [1.29, 1.82) is 0 Å². The van der Waals surface area contributed by atoms with Gasteiger partial charge in [-0.3, -0.25) is 4.79 Å². The van der Waals surface area contributed by atoms with E-state index in [0.29, 0.717) is 31.2 Å². The van der Waals surface area contributed by atoms with Crippen molar-refractivity contribution in [2.45, 2.75) is 6.42 Å². The average molecular weight is 360 g/mol. The van der Waals surface area contributed by atoms with E-state index in [1.807, 2.05) is 48.5 Å². The van der Waals surface area contributed by atoms with Gasteiger partial charge in [0.05, 0.1) is 24.6 Å². The van der Waals surface area contributed by atoms with Gasteiger partial charge in [0, 0.05) is 36.8 Å². The van der Waals surface area contributed by atoms with Gasteiger partial charge in [-0.1, -0.05) is 23.7 Å². The van der Waals surface area contributed by atoms with Crippen molar-refractivity contribution in [2.75, 3.05) is 48.4 Å². The number of benzene rings is 2. The number of hydrogen-bond acceptors (Lipinski definition) is 4. The summed E-state index contributed by atoms with van der Waals surface area (Å²) in [6.07, 6.45) is 0.389. The lowest BCUT2D eigenvalue weighted by Gasteiger charge is -2.30. The molecule has 0 radical (unpaired) electrons. The third kappa shape index (κ3) is 5.11. The number of morpholine rings is 1. The van der Waals surface area contributed by atoms with Crippen LogP contribution in [0.1, 0.15) is 6.42 Å². The first-order valence-corrected chi connectivity index (χ1v) is 8.81. The minimum Gasteiger partial charge on any atom is -0.385 e. The van der Waals surface area contributed by atoms with E-state index in [4.69, 9.17) is 16.3 Å². The zero-order valence-electron chi connectivity index (χ0n) is 14.0. The standard InChI is InChI=1S/C19H22ClN3O2/c20-15-5-7-16(8-6-15)21-10-9-19(24)22-17-3-1-2-4-18(17)23-11-13-25-14-12-23/h1-8,21H,9-14H2,(H,22,24). The van der Waals surface area contributed by atoms with Gasteiger partial charge in [0.2, 0.25) is 5.91 Å². The molecule has 0 spiro atoms. The SMILES string of the molecule is O=C(CCNc1ccc(Cl)cc1)Nc1ccccc1N1CCOCC1. The molecule has 0 aliphatic carbocycles. The van der Waals surface area contributed by atoms with E-state index in [1.165, 1.54) is 0 Å². The summed E-state index contributed by atoms with van der Waals surface area (Å²) in [5.74, 6) is -0.0119. The van der Waals surface area contributed by atoms with E-state index < -0.39 is 0 Å². The Hall–Kier alpha value is -2.24. The Balaban J connectivity index is 1.53. The van der Waals surface area contributed by atoms with Crippen LogP contribution in [0.2, 0.25) is 5.02 Å². The normalized spacial score (nSPS) is 14.2. The molecule has 2 N–H and O–H groups in total. The second-order valence-corrected chi connectivity index (χ2v) is 6.28. The van der Waals surface area contributed by atoms with Gasteiger partial charge in [0.1, 0.15) is 0 Å². The Bertz CT molecular complexity index is 700. The van der Waals surface area contributed by atoms with Crippen LogP contribution in [-0.2, 0) is 9.53 Å². The number of para-hydroxylation sites is 2. The summed E-state index contributed by atoms with van der Waals surface area (Å²) in [7, 11) is 0. The molecular weight excluding hydrogens is 338 g/mol. The number of ether oxygens (including phenoxy) is 1. The number of rotatable bonds is 6. The highest BCUT2D eigenvalue weighted by atomic mass is 35.5. The van der Waals surface area contributed by atoms with Crippen LogP contribution in [0, 0.1) is 0 Å². The van der Waals surface area contributed by atoms with Crippen molar-refractivity contribution in [3.8, 4) is 0 Å². The predicted molar refractivity (Wildman–Crippen MR) is 103 cm³/mol. The lowest BCUT2D eigenvalue weighted by molar-refractivity contribution is -0.115. The molecule has 1 aliphatic heterocycles. The van der Waals surface area contributed by atoms with Crippen molar-refractivity contribution >= 4 is 34.6 Å². The van der Waals surface area contributed by atoms with Crippen molar-refractivity contribution in [2.24, 2.45) is 0 Å². The number of nitrogens with one attached hydrogen (secondary N) is 2. The van der Waals surface area contributed by atoms with Crippen molar-refractivity contribution in [3.63, 3.8) is 0 Å². The maximum Gasteiger partial charge on any atom is 0.226 e. The molecule has 132 valence electrons. The van der Waals surface area contributed by atoms with E-state index in [2.05, 4.69) is 15.5 Å². The summed E-state index contributed by atoms with van der Waals surface area (Å²) >= 11 is 5.86. The number of nitrogens with zero attached hydrogens (tertiary/aromatic N) is 1. The molecule has 2 aromatic rings. The van der Waals surface area contributed by atoms with Gasteiger partial charge < -0.3 is 20.3 Å². The summed E-state index contributed by atoms with van der Waals surface area (Å²) in [5, 5.41) is 6.94. The molecule has 0 saturated carbocycles. The smallest absolute Gasteiger partial charge is 0.226 e. The summed E-state index contributed by atoms with van der Waals surface area (Å²) < 4.78 is 5.40. The second kappa shape index (κ2) is 8.74. The highest BCUT2D eigenvalue weighted by molar-refractivity contribution is 6.30. The summed E-state index contributed by atoms with van der Waals surface area (Å²) in [6.45, 7) is 3.67. The van der Waals surface area contributed by atoms with Crippen LogP contribution < -0.4 is 15.5 Å². The number of anilines is 3. The molecule has 0 atom stereocenters. The maximum atomic E-state index is 12.3. The molecular formula is C19H22ClN3O2. The quantitative estimate of drug-likeness (QED) is 0.827. The largest absolute Gasteiger partial charge is 0.385 e. The zero-order valence-corrected chi connectivity index (χ0v) is 14.8. The van der Waals surface area contributed by atoms with Gasteiger partial charge in [-0.25, -0.2) is 0 Å². The lowest BCUT2D eigenvalue weighted by Crippen LogP contribution is -2.36. The number of amides is 1. The Labute approximate surface area is 152 Å². The number of carbonyl (C=O) groups is 1. The minimum absolute atomic E-state index is 0.0119. The van der Waals surface area contributed by atoms with Gasteiger partial charge in [-0.05, 0) is 36.4 Å². The molecule has 25 heavy (non-hydrogen) atoms. The van der Waals surface area contributed by atoms with E-state index in [0.717, 1.165) is 30.2 Å². The lowest BCUT2D eigenvalue weighted by atomic mass is 10.2. The molecule has 2 aromatic carbocycles. The van der Waals surface area contributed by atoms with Crippen LogP contribution in [0.3, 0.4) is 0 Å². The van der Waals surface area contributed by atoms with Gasteiger partial charge >= 0.3 is 0 Å². The van der Waals surface area contributed by atoms with Gasteiger partial charge in [-0.2, -0.15) is 0 Å². The third-order valence-electron chi connectivity index (χ3n) is 4.06. The van der Waals surface area contributed by atoms with Crippen LogP contribution in [-0.4, -0.2) is 38.8 Å². The first-order valence-electron chi connectivity index (χ1n) is 8.43. The number of halogens is 1. The Morgan fingerprint density at radius 2 is 1.80 bits per heavy atom. The topological polar surface area (TPSA) is 53.6 Å². The molecule has 1 amide bonds. The molecule has 3 rings (SSSR count). The van der Waals surface area contributed by atoms with Crippen molar-refractivity contribution in [1.82, 2.24) is 0 Å². The molecule has 0 bridgehead atoms. The highest BCUT2D eigenvalue weighted by Gasteiger charge is 2.15. The van der Waals surface area contributed by atoms with E-state index in [9.17, 15) is 4.79 Å². The van der Waals surface area contributed by atoms with Crippen molar-refractivity contribution < 1.29 is 9.53 Å². The van der Waals surface area contributed by atoms with Crippen LogP contribution in [0.25, 0.3) is 0 Å². The highest BCUT2D eigenvalue weighted by Crippen LogP contribution is 2.26. The molecule has 0 unspecified atom stereocenters. The van der Waals surface area contributed by atoms with Crippen LogP contribution >= 0.6 is 11.6 Å². The molecule has 6 heteroatoms. The Morgan fingerprint density at radius 3 is 2.56 bits per heavy atom. The summed E-state index contributed by atoms with van der Waals surface area (Å²) in [4.78, 5) is 14.5. The summed E-state index contributed by atoms with van der Waals surface area (Å²) in [6, 6.07) is 15.3. The second-order valence-electron chi connectivity index (χ2n) is 5.85. The van der Waals surface area contributed by atoms with E-state index in [1.54, 1.807) is 0 Å². The molecule has 1 fully saturated rings. The van der Waals surface area contributed by atoms with Crippen molar-refractivity contribution in [3.05, 3.63) is 53.6 Å². The fourth-order valence-electron chi connectivity index (χ4n) is 2.76. The fraction of sp³-hybridized carbons (Fsp3) is 0.316. The molecule has 1 saturated heterocycles. The van der Waals surface area contributed by atoms with Crippen LogP contribution in [0.15, 0.2) is 48.5 Å². The number of hydrogen-bond donors (Lipinski definition) is 2. The minimum atomic E-state index is -0.0119. The Kier molecular flexibility index (Phi) is 6.14. The van der Waals surface area contributed by atoms with E-state index in [-0.39, 0.29) is 5.91 Å². The zero-order chi connectivity index (χ0) is 17.5. The maximum absolute atomic E-state index is 12.3. The third-order valence-corrected chi connectivity index (χ3v) is 4.31. The number of carbonyl (C=O) groups excluding carboxylic acids is 1. The van der Waals surface area contributed by atoms with E-state index >= 15 is 0 Å². The predicted octanol–water partition coefficient (Wildman–Crippen LogP) is 3.62. The van der Waals surface area contributed by atoms with Crippen LogP contribution in [0.4, 0.5) is 17.1 Å². The molecule has 0 aromatic heterocycles. The fourth-order valence-corrected chi connectivity index (χ4v) is 2.89. The first kappa shape index (κ1) is 17.6. The van der Waals surface area contributed by atoms with Gasteiger partial charge in [-0.15, -0.1) is 0 Å². The summed E-state index contributed by atoms with van der Waals surface area (Å²) in [5.41, 5.74) is 2.84. The molecule has 5 nitrogen and oxygen atoms in total.